The van der Waals surface area contributed by atoms with Crippen LogP contribution in [0.3, 0.4) is 0 Å². The molecule has 0 saturated carbocycles. The summed E-state index contributed by atoms with van der Waals surface area (Å²) in [7, 11) is -3.18. The van der Waals surface area contributed by atoms with Crippen molar-refractivity contribution in [3.05, 3.63) is 30.1 Å². The second-order valence-electron chi connectivity index (χ2n) is 6.84. The summed E-state index contributed by atoms with van der Waals surface area (Å²) in [4.78, 5) is 4.48. The molecular weight excluding hydrogens is 338 g/mol. The number of pyridine rings is 1. The topological polar surface area (TPSA) is 90.5 Å². The van der Waals surface area contributed by atoms with Crippen molar-refractivity contribution in [2.45, 2.75) is 32.7 Å². The molecule has 0 aliphatic carbocycles. The molecule has 1 saturated heterocycles. The first-order valence-electron chi connectivity index (χ1n) is 8.52. The van der Waals surface area contributed by atoms with Gasteiger partial charge in [0.2, 0.25) is 10.0 Å². The van der Waals surface area contributed by atoms with Crippen molar-refractivity contribution in [2.75, 3.05) is 24.2 Å². The molecule has 3 rings (SSSR count). The van der Waals surface area contributed by atoms with Crippen molar-refractivity contribution < 1.29 is 8.42 Å². The number of nitriles is 1. The lowest BCUT2D eigenvalue weighted by Gasteiger charge is -2.32. The van der Waals surface area contributed by atoms with Gasteiger partial charge < -0.3 is 5.32 Å². The van der Waals surface area contributed by atoms with Crippen LogP contribution in [-0.4, -0.2) is 47.0 Å². The molecule has 2 aromatic heterocycles. The Morgan fingerprint density at radius 2 is 2.08 bits per heavy atom. The lowest BCUT2D eigenvalue weighted by Crippen LogP contribution is -2.43. The number of piperidine rings is 1. The predicted octanol–water partition coefficient (Wildman–Crippen LogP) is 2.07. The van der Waals surface area contributed by atoms with Crippen LogP contribution in [-0.2, 0) is 10.0 Å². The highest BCUT2D eigenvalue weighted by Crippen LogP contribution is 2.22. The zero-order valence-corrected chi connectivity index (χ0v) is 15.3. The van der Waals surface area contributed by atoms with E-state index in [4.69, 9.17) is 0 Å². The number of hydrogen-bond donors (Lipinski definition) is 1. The van der Waals surface area contributed by atoms with Crippen molar-refractivity contribution in [1.82, 2.24) is 13.7 Å². The highest BCUT2D eigenvalue weighted by atomic mass is 32.2. The van der Waals surface area contributed by atoms with E-state index in [1.165, 1.54) is 0 Å². The second kappa shape index (κ2) is 7.02. The molecule has 134 valence electrons. The van der Waals surface area contributed by atoms with Crippen LogP contribution < -0.4 is 5.32 Å². The Hall–Kier alpha value is -2.11. The van der Waals surface area contributed by atoms with Gasteiger partial charge in [0.25, 0.3) is 0 Å². The number of nitrogens with one attached hydrogen (secondary N) is 1. The highest BCUT2D eigenvalue weighted by molar-refractivity contribution is 7.89. The number of rotatable bonds is 5. The average molecular weight is 361 g/mol. The van der Waals surface area contributed by atoms with E-state index in [9.17, 15) is 13.7 Å². The quantitative estimate of drug-likeness (QED) is 0.880. The number of sulfonamides is 1. The lowest BCUT2D eigenvalue weighted by molar-refractivity contribution is 0.328. The van der Waals surface area contributed by atoms with Gasteiger partial charge in [-0.1, -0.05) is 19.9 Å². The van der Waals surface area contributed by atoms with E-state index in [-0.39, 0.29) is 17.7 Å². The molecule has 0 aromatic carbocycles. The van der Waals surface area contributed by atoms with Crippen molar-refractivity contribution in [3.8, 4) is 6.07 Å². The van der Waals surface area contributed by atoms with E-state index in [0.717, 1.165) is 5.65 Å². The van der Waals surface area contributed by atoms with Crippen molar-refractivity contribution in [2.24, 2.45) is 5.92 Å². The van der Waals surface area contributed by atoms with Crippen molar-refractivity contribution in [1.29, 1.82) is 5.26 Å². The number of fused-ring (bicyclic) bond motifs is 1. The zero-order chi connectivity index (χ0) is 18.0. The van der Waals surface area contributed by atoms with Gasteiger partial charge in [-0.3, -0.25) is 4.40 Å². The number of aromatic nitrogens is 2. The Morgan fingerprint density at radius 3 is 2.72 bits per heavy atom. The van der Waals surface area contributed by atoms with Gasteiger partial charge in [-0.25, -0.2) is 17.7 Å². The predicted molar refractivity (Wildman–Crippen MR) is 96.7 cm³/mol. The van der Waals surface area contributed by atoms with E-state index in [2.05, 4.69) is 16.4 Å². The summed E-state index contributed by atoms with van der Waals surface area (Å²) >= 11 is 0. The minimum absolute atomic E-state index is 0.113. The first kappa shape index (κ1) is 17.7. The van der Waals surface area contributed by atoms with E-state index in [0.29, 0.717) is 37.4 Å². The van der Waals surface area contributed by atoms with Gasteiger partial charge in [0, 0.05) is 25.3 Å². The van der Waals surface area contributed by atoms with Crippen LogP contribution in [0.15, 0.2) is 24.4 Å². The molecule has 8 heteroatoms. The molecule has 7 nitrogen and oxygen atoms in total. The molecule has 1 fully saturated rings. The summed E-state index contributed by atoms with van der Waals surface area (Å²) in [6.07, 6.45) is 3.22. The standard InChI is InChI=1S/C17H23N5O2S/c1-13(2)12-25(23,24)21-9-6-14(7-10-21)19-17-15(11-18)22-8-4-3-5-16(22)20-17/h3-5,8,13-14,19H,6-7,9-10,12H2,1-2H3. The maximum atomic E-state index is 12.3. The van der Waals surface area contributed by atoms with Gasteiger partial charge in [-0.15, -0.1) is 0 Å². The van der Waals surface area contributed by atoms with Crippen LogP contribution in [0.4, 0.5) is 5.82 Å². The molecule has 25 heavy (non-hydrogen) atoms. The van der Waals surface area contributed by atoms with Crippen LogP contribution >= 0.6 is 0 Å². The van der Waals surface area contributed by atoms with E-state index < -0.39 is 10.0 Å². The van der Waals surface area contributed by atoms with E-state index in [1.807, 2.05) is 38.2 Å². The normalized spacial score (nSPS) is 17.0. The number of anilines is 1. The van der Waals surface area contributed by atoms with Crippen LogP contribution in [0.5, 0.6) is 0 Å². The van der Waals surface area contributed by atoms with Crippen LogP contribution in [0, 0.1) is 17.2 Å². The maximum Gasteiger partial charge on any atom is 0.214 e. The number of hydrogen-bond acceptors (Lipinski definition) is 5. The summed E-state index contributed by atoms with van der Waals surface area (Å²) in [5, 5.41) is 12.8. The average Bonchev–Trinajstić information content (AvgIpc) is 2.91. The summed E-state index contributed by atoms with van der Waals surface area (Å²) in [5.41, 5.74) is 1.20. The molecule has 0 bridgehead atoms. The smallest absolute Gasteiger partial charge is 0.214 e. The summed E-state index contributed by atoms with van der Waals surface area (Å²) in [5.74, 6) is 0.880. The third kappa shape index (κ3) is 3.78. The lowest BCUT2D eigenvalue weighted by atomic mass is 10.1. The largest absolute Gasteiger partial charge is 0.365 e. The van der Waals surface area contributed by atoms with Gasteiger partial charge in [-0.05, 0) is 30.9 Å². The number of imidazole rings is 1. The molecule has 2 aromatic rings. The van der Waals surface area contributed by atoms with Crippen LogP contribution in [0.1, 0.15) is 32.4 Å². The molecule has 0 radical (unpaired) electrons. The molecule has 1 N–H and O–H groups in total. The summed E-state index contributed by atoms with van der Waals surface area (Å²) < 4.78 is 28.0. The van der Waals surface area contributed by atoms with Gasteiger partial charge in [-0.2, -0.15) is 5.26 Å². The molecule has 3 heterocycles. The Labute approximate surface area is 148 Å². The van der Waals surface area contributed by atoms with Crippen molar-refractivity contribution >= 4 is 21.5 Å². The molecule has 0 unspecified atom stereocenters. The fourth-order valence-corrected chi connectivity index (χ4v) is 5.02. The van der Waals surface area contributed by atoms with E-state index in [1.54, 1.807) is 8.71 Å². The van der Waals surface area contributed by atoms with Crippen molar-refractivity contribution in [3.63, 3.8) is 0 Å². The SMILES string of the molecule is CC(C)CS(=O)(=O)N1CCC(Nc2nc3ccccn3c2C#N)CC1. The van der Waals surface area contributed by atoms with Gasteiger partial charge in [0.15, 0.2) is 11.5 Å². The molecule has 1 aliphatic heterocycles. The number of nitrogens with zero attached hydrogens (tertiary/aromatic N) is 4. The fourth-order valence-electron chi connectivity index (χ4n) is 3.20. The molecule has 0 atom stereocenters. The molecule has 0 amide bonds. The van der Waals surface area contributed by atoms with Crippen LogP contribution in [0.25, 0.3) is 5.65 Å². The Balaban J connectivity index is 1.68. The first-order valence-corrected chi connectivity index (χ1v) is 10.1. The molecular formula is C17H23N5O2S. The maximum absolute atomic E-state index is 12.3. The third-order valence-electron chi connectivity index (χ3n) is 4.37. The zero-order valence-electron chi connectivity index (χ0n) is 14.5. The van der Waals surface area contributed by atoms with Gasteiger partial charge in [0.1, 0.15) is 11.7 Å². The van der Waals surface area contributed by atoms with Gasteiger partial charge >= 0.3 is 0 Å². The second-order valence-corrected chi connectivity index (χ2v) is 8.85. The fraction of sp³-hybridized carbons (Fsp3) is 0.529. The Kier molecular flexibility index (Phi) is 4.97. The third-order valence-corrected chi connectivity index (χ3v) is 6.61. The summed E-state index contributed by atoms with van der Waals surface area (Å²) in [6.45, 7) is 4.83. The molecule has 1 aliphatic rings. The van der Waals surface area contributed by atoms with E-state index >= 15 is 0 Å². The Bertz CT molecular complexity index is 889. The monoisotopic (exact) mass is 361 g/mol. The minimum Gasteiger partial charge on any atom is -0.365 e. The summed E-state index contributed by atoms with van der Waals surface area (Å²) in [6, 6.07) is 7.90. The first-order chi connectivity index (χ1) is 11.9. The Morgan fingerprint density at radius 1 is 1.36 bits per heavy atom. The highest BCUT2D eigenvalue weighted by Gasteiger charge is 2.29. The van der Waals surface area contributed by atoms with Crippen LogP contribution in [0.2, 0.25) is 0 Å². The van der Waals surface area contributed by atoms with Gasteiger partial charge in [0.05, 0.1) is 5.75 Å². The molecule has 0 spiro atoms. The minimum atomic E-state index is -3.18.